The third kappa shape index (κ3) is 3.97. The lowest BCUT2D eigenvalue weighted by Crippen LogP contribution is -2.30. The lowest BCUT2D eigenvalue weighted by atomic mass is 9.99. The molecule has 0 saturated carbocycles. The predicted molar refractivity (Wildman–Crippen MR) is 93.5 cm³/mol. The molecule has 21 heavy (non-hydrogen) atoms. The molecular formula is C17H21BrN2O. The number of hydrogen-bond acceptors (Lipinski definition) is 2. The first-order valence-corrected chi connectivity index (χ1v) is 8.18. The first-order chi connectivity index (χ1) is 9.92. The van der Waals surface area contributed by atoms with Crippen molar-refractivity contribution in [2.45, 2.75) is 26.3 Å². The van der Waals surface area contributed by atoms with Crippen molar-refractivity contribution in [2.24, 2.45) is 0 Å². The maximum absolute atomic E-state index is 12.6. The number of halogens is 1. The zero-order valence-electron chi connectivity index (χ0n) is 12.7. The van der Waals surface area contributed by atoms with Gasteiger partial charge in [0.2, 0.25) is 0 Å². The molecule has 0 aliphatic heterocycles. The van der Waals surface area contributed by atoms with Crippen molar-refractivity contribution < 1.29 is 4.79 Å². The molecule has 0 spiro atoms. The van der Waals surface area contributed by atoms with Crippen LogP contribution in [0.3, 0.4) is 0 Å². The summed E-state index contributed by atoms with van der Waals surface area (Å²) in [5, 5.41) is 9.15. The van der Waals surface area contributed by atoms with Gasteiger partial charge in [-0.1, -0.05) is 46.3 Å². The van der Waals surface area contributed by atoms with Crippen LogP contribution in [0, 0.1) is 0 Å². The Labute approximate surface area is 134 Å². The van der Waals surface area contributed by atoms with Crippen LogP contribution in [-0.2, 0) is 0 Å². The molecule has 112 valence electrons. The Morgan fingerprint density at radius 1 is 1.14 bits per heavy atom. The van der Waals surface area contributed by atoms with Crippen LogP contribution in [0.4, 0.5) is 5.69 Å². The van der Waals surface area contributed by atoms with E-state index in [1.807, 2.05) is 36.4 Å². The van der Waals surface area contributed by atoms with E-state index < -0.39 is 0 Å². The van der Waals surface area contributed by atoms with E-state index in [-0.39, 0.29) is 11.4 Å². The summed E-state index contributed by atoms with van der Waals surface area (Å²) in [6, 6.07) is 12.0. The maximum atomic E-state index is 12.6. The summed E-state index contributed by atoms with van der Waals surface area (Å²) in [7, 11) is 0. The molecule has 4 heteroatoms. The fourth-order valence-corrected chi connectivity index (χ4v) is 2.47. The molecule has 0 aliphatic rings. The highest BCUT2D eigenvalue weighted by Gasteiger charge is 2.18. The monoisotopic (exact) mass is 348 g/mol. The molecule has 0 aliphatic carbocycles. The molecule has 0 unspecified atom stereocenters. The van der Waals surface area contributed by atoms with Gasteiger partial charge in [0.15, 0.2) is 0 Å². The van der Waals surface area contributed by atoms with Crippen LogP contribution in [0.15, 0.2) is 36.4 Å². The van der Waals surface area contributed by atoms with E-state index in [9.17, 15) is 4.79 Å². The van der Waals surface area contributed by atoms with Crippen molar-refractivity contribution in [1.29, 1.82) is 0 Å². The second kappa shape index (κ2) is 6.48. The topological polar surface area (TPSA) is 41.1 Å². The maximum Gasteiger partial charge on any atom is 0.254 e. The van der Waals surface area contributed by atoms with Crippen molar-refractivity contribution in [3.63, 3.8) is 0 Å². The molecule has 0 atom stereocenters. The summed E-state index contributed by atoms with van der Waals surface area (Å²) in [5.41, 5.74) is 1.48. The zero-order chi connectivity index (χ0) is 15.5. The van der Waals surface area contributed by atoms with Crippen LogP contribution in [0.5, 0.6) is 0 Å². The van der Waals surface area contributed by atoms with E-state index in [1.54, 1.807) is 0 Å². The first-order valence-electron chi connectivity index (χ1n) is 7.06. The molecule has 0 radical (unpaired) electrons. The SMILES string of the molecule is CC(C)(C)Nc1ccc2ccccc2c1C(=O)NCCBr. The standard InChI is InChI=1S/C17H21BrN2O/c1-17(2,3)20-14-9-8-12-6-4-5-7-13(12)15(14)16(21)19-11-10-18/h4-9,20H,10-11H2,1-3H3,(H,19,21). The molecule has 3 nitrogen and oxygen atoms in total. The average Bonchev–Trinajstić information content (AvgIpc) is 2.43. The summed E-state index contributed by atoms with van der Waals surface area (Å²) in [5.74, 6) is -0.0435. The molecule has 2 N–H and O–H groups in total. The van der Waals surface area contributed by atoms with Crippen molar-refractivity contribution in [1.82, 2.24) is 5.32 Å². The van der Waals surface area contributed by atoms with Crippen LogP contribution in [0.1, 0.15) is 31.1 Å². The highest BCUT2D eigenvalue weighted by molar-refractivity contribution is 9.09. The second-order valence-electron chi connectivity index (χ2n) is 6.03. The summed E-state index contributed by atoms with van der Waals surface area (Å²) < 4.78 is 0. The lowest BCUT2D eigenvalue weighted by Gasteiger charge is -2.24. The van der Waals surface area contributed by atoms with E-state index >= 15 is 0 Å². The molecule has 0 bridgehead atoms. The van der Waals surface area contributed by atoms with Gasteiger partial charge < -0.3 is 10.6 Å². The Morgan fingerprint density at radius 2 is 1.86 bits per heavy atom. The molecule has 0 aromatic heterocycles. The van der Waals surface area contributed by atoms with E-state index in [2.05, 4.69) is 47.3 Å². The van der Waals surface area contributed by atoms with E-state index in [4.69, 9.17) is 0 Å². The van der Waals surface area contributed by atoms with Crippen LogP contribution in [-0.4, -0.2) is 23.3 Å². The second-order valence-corrected chi connectivity index (χ2v) is 6.82. The van der Waals surface area contributed by atoms with Crippen molar-refractivity contribution >= 4 is 38.3 Å². The molecule has 1 amide bonds. The van der Waals surface area contributed by atoms with Gasteiger partial charge >= 0.3 is 0 Å². The Morgan fingerprint density at radius 3 is 2.52 bits per heavy atom. The van der Waals surface area contributed by atoms with Crippen LogP contribution >= 0.6 is 15.9 Å². The zero-order valence-corrected chi connectivity index (χ0v) is 14.3. The third-order valence-corrected chi connectivity index (χ3v) is 3.44. The van der Waals surface area contributed by atoms with Crippen molar-refractivity contribution in [2.75, 3.05) is 17.2 Å². The van der Waals surface area contributed by atoms with Crippen LogP contribution < -0.4 is 10.6 Å². The van der Waals surface area contributed by atoms with Gasteiger partial charge in [-0.2, -0.15) is 0 Å². The number of alkyl halides is 1. The number of benzene rings is 2. The van der Waals surface area contributed by atoms with Crippen LogP contribution in [0.25, 0.3) is 10.8 Å². The van der Waals surface area contributed by atoms with Gasteiger partial charge in [-0.3, -0.25) is 4.79 Å². The Hall–Kier alpha value is -1.55. The van der Waals surface area contributed by atoms with E-state index in [1.165, 1.54) is 0 Å². The fraction of sp³-hybridized carbons (Fsp3) is 0.353. The molecule has 0 fully saturated rings. The molecule has 0 heterocycles. The van der Waals surface area contributed by atoms with Gasteiger partial charge in [0, 0.05) is 23.1 Å². The smallest absolute Gasteiger partial charge is 0.254 e. The third-order valence-electron chi connectivity index (χ3n) is 3.05. The minimum Gasteiger partial charge on any atom is -0.380 e. The van der Waals surface area contributed by atoms with Crippen molar-refractivity contribution in [3.05, 3.63) is 42.0 Å². The normalized spacial score (nSPS) is 11.4. The van der Waals surface area contributed by atoms with Gasteiger partial charge in [0.25, 0.3) is 5.91 Å². The van der Waals surface area contributed by atoms with Gasteiger partial charge in [0.1, 0.15) is 0 Å². The number of carbonyl (C=O) groups is 1. The number of hydrogen-bond donors (Lipinski definition) is 2. The highest BCUT2D eigenvalue weighted by atomic mass is 79.9. The predicted octanol–water partition coefficient (Wildman–Crippen LogP) is 4.17. The Kier molecular flexibility index (Phi) is 4.88. The van der Waals surface area contributed by atoms with Crippen molar-refractivity contribution in [3.8, 4) is 0 Å². The Bertz CT molecular complexity index is 647. The molecule has 2 rings (SSSR count). The van der Waals surface area contributed by atoms with Gasteiger partial charge in [-0.05, 0) is 37.6 Å². The minimum atomic E-state index is -0.104. The number of carbonyl (C=O) groups excluding carboxylic acids is 1. The summed E-state index contributed by atoms with van der Waals surface area (Å²) >= 11 is 3.34. The number of nitrogens with one attached hydrogen (secondary N) is 2. The van der Waals surface area contributed by atoms with E-state index in [0.717, 1.165) is 21.8 Å². The molecule has 2 aromatic carbocycles. The highest BCUT2D eigenvalue weighted by Crippen LogP contribution is 2.28. The fourth-order valence-electron chi connectivity index (χ4n) is 2.27. The molecular weight excluding hydrogens is 328 g/mol. The Balaban J connectivity index is 2.54. The average molecular weight is 349 g/mol. The number of anilines is 1. The minimum absolute atomic E-state index is 0.0435. The lowest BCUT2D eigenvalue weighted by molar-refractivity contribution is 0.0958. The molecule has 0 saturated heterocycles. The summed E-state index contributed by atoms with van der Waals surface area (Å²) in [6.45, 7) is 6.87. The first kappa shape index (κ1) is 15.8. The number of amides is 1. The van der Waals surface area contributed by atoms with Gasteiger partial charge in [-0.15, -0.1) is 0 Å². The summed E-state index contributed by atoms with van der Waals surface area (Å²) in [4.78, 5) is 12.6. The van der Waals surface area contributed by atoms with Crippen LogP contribution in [0.2, 0.25) is 0 Å². The quantitative estimate of drug-likeness (QED) is 0.814. The number of fused-ring (bicyclic) bond motifs is 1. The number of rotatable bonds is 4. The van der Waals surface area contributed by atoms with E-state index in [0.29, 0.717) is 12.1 Å². The largest absolute Gasteiger partial charge is 0.380 e. The summed E-state index contributed by atoms with van der Waals surface area (Å²) in [6.07, 6.45) is 0. The van der Waals surface area contributed by atoms with Gasteiger partial charge in [0.05, 0.1) is 5.56 Å². The van der Waals surface area contributed by atoms with Gasteiger partial charge in [-0.25, -0.2) is 0 Å². The molecule has 2 aromatic rings.